The molecule has 0 amide bonds. The molecule has 1 unspecified atom stereocenters. The van der Waals surface area contributed by atoms with Crippen LogP contribution in [0.5, 0.6) is 0 Å². The third kappa shape index (κ3) is 2.57. The maximum absolute atomic E-state index is 12.5. The minimum Gasteiger partial charge on any atom is -0.465 e. The molecule has 0 radical (unpaired) electrons. The van der Waals surface area contributed by atoms with Crippen molar-refractivity contribution in [3.05, 3.63) is 20.8 Å². The molecular weight excluding hydrogens is 290 g/mol. The van der Waals surface area contributed by atoms with Gasteiger partial charge in [0.15, 0.2) is 4.83 Å². The topological polar surface area (TPSA) is 74.1 Å². The van der Waals surface area contributed by atoms with Gasteiger partial charge in [0.2, 0.25) is 0 Å². The van der Waals surface area contributed by atoms with Crippen molar-refractivity contribution in [1.29, 1.82) is 0 Å². The predicted molar refractivity (Wildman–Crippen MR) is 79.5 cm³/mol. The van der Waals surface area contributed by atoms with Crippen molar-refractivity contribution >= 4 is 27.5 Å². The monoisotopic (exact) mass is 307 g/mol. The first-order valence-electron chi connectivity index (χ1n) is 7.13. The van der Waals surface area contributed by atoms with Crippen molar-refractivity contribution in [3.63, 3.8) is 0 Å². The smallest absolute Gasteiger partial charge is 0.327 e. The standard InChI is InChI=1S/C14H17N3O3S/c1-3-20-11(18)7-17-14(19)12-9-5-4-8(2)6-10(9)21-13(12)15-16-17/h8H,3-7H2,1-2H3. The molecule has 0 bridgehead atoms. The SMILES string of the molecule is CCOC(=O)Cn1nnc2sc3c(c2c1=O)CCC(C)C3. The quantitative estimate of drug-likeness (QED) is 0.804. The van der Waals surface area contributed by atoms with E-state index in [0.717, 1.165) is 29.5 Å². The number of aryl methyl sites for hydroxylation is 1. The molecule has 2 aromatic heterocycles. The maximum atomic E-state index is 12.5. The summed E-state index contributed by atoms with van der Waals surface area (Å²) in [4.78, 5) is 26.0. The van der Waals surface area contributed by atoms with Crippen molar-refractivity contribution in [3.8, 4) is 0 Å². The summed E-state index contributed by atoms with van der Waals surface area (Å²) in [5.41, 5.74) is 0.866. The Morgan fingerprint density at radius 2 is 2.33 bits per heavy atom. The zero-order chi connectivity index (χ0) is 15.0. The molecule has 6 nitrogen and oxygen atoms in total. The highest BCUT2D eigenvalue weighted by atomic mass is 32.1. The Morgan fingerprint density at radius 3 is 3.10 bits per heavy atom. The zero-order valence-electron chi connectivity index (χ0n) is 12.1. The highest BCUT2D eigenvalue weighted by Crippen LogP contribution is 2.35. The van der Waals surface area contributed by atoms with E-state index < -0.39 is 5.97 Å². The average Bonchev–Trinajstić information content (AvgIpc) is 2.80. The molecular formula is C14H17N3O3S. The Kier molecular flexibility index (Phi) is 3.75. The van der Waals surface area contributed by atoms with Crippen molar-refractivity contribution in [2.24, 2.45) is 5.92 Å². The number of fused-ring (bicyclic) bond motifs is 3. The number of hydrogen-bond acceptors (Lipinski definition) is 6. The predicted octanol–water partition coefficient (Wildman–Crippen LogP) is 1.54. The number of rotatable bonds is 3. The zero-order valence-corrected chi connectivity index (χ0v) is 12.9. The van der Waals surface area contributed by atoms with E-state index in [4.69, 9.17) is 4.74 Å². The minimum atomic E-state index is -0.467. The number of nitrogens with zero attached hydrogens (tertiary/aromatic N) is 3. The molecule has 1 atom stereocenters. The molecule has 0 saturated heterocycles. The Labute approximate surface area is 125 Å². The second kappa shape index (κ2) is 5.55. The van der Waals surface area contributed by atoms with Gasteiger partial charge in [-0.05, 0) is 37.7 Å². The maximum Gasteiger partial charge on any atom is 0.327 e. The lowest BCUT2D eigenvalue weighted by Crippen LogP contribution is -2.29. The highest BCUT2D eigenvalue weighted by Gasteiger charge is 2.24. The van der Waals surface area contributed by atoms with Crippen molar-refractivity contribution in [2.75, 3.05) is 6.61 Å². The number of hydrogen-bond donors (Lipinski definition) is 0. The van der Waals surface area contributed by atoms with Crippen LogP contribution in [0.25, 0.3) is 10.2 Å². The summed E-state index contributed by atoms with van der Waals surface area (Å²) in [6.45, 7) is 4.05. The molecule has 1 aliphatic carbocycles. The summed E-state index contributed by atoms with van der Waals surface area (Å²) in [5.74, 6) is 0.172. The average molecular weight is 307 g/mol. The Bertz CT molecular complexity index is 750. The fraction of sp³-hybridized carbons (Fsp3) is 0.571. The van der Waals surface area contributed by atoms with Gasteiger partial charge in [-0.15, -0.1) is 16.4 Å². The summed E-state index contributed by atoms with van der Waals surface area (Å²) in [5, 5.41) is 8.60. The van der Waals surface area contributed by atoms with Gasteiger partial charge in [-0.2, -0.15) is 4.68 Å². The second-order valence-electron chi connectivity index (χ2n) is 5.39. The third-order valence-electron chi connectivity index (χ3n) is 3.77. The molecule has 21 heavy (non-hydrogen) atoms. The lowest BCUT2D eigenvalue weighted by atomic mass is 9.89. The molecule has 3 rings (SSSR count). The molecule has 0 N–H and O–H groups in total. The van der Waals surface area contributed by atoms with Gasteiger partial charge in [0.1, 0.15) is 6.54 Å². The summed E-state index contributed by atoms with van der Waals surface area (Å²) in [7, 11) is 0. The lowest BCUT2D eigenvalue weighted by Gasteiger charge is -2.17. The lowest BCUT2D eigenvalue weighted by molar-refractivity contribution is -0.144. The fourth-order valence-corrected chi connectivity index (χ4v) is 4.04. The Balaban J connectivity index is 2.04. The van der Waals surface area contributed by atoms with Crippen LogP contribution in [0, 0.1) is 5.92 Å². The Hall–Kier alpha value is -1.76. The van der Waals surface area contributed by atoms with Crippen LogP contribution < -0.4 is 5.56 Å². The molecule has 0 spiro atoms. The Morgan fingerprint density at radius 1 is 1.52 bits per heavy atom. The van der Waals surface area contributed by atoms with Crippen LogP contribution in [-0.4, -0.2) is 27.6 Å². The number of aromatic nitrogens is 3. The van der Waals surface area contributed by atoms with E-state index in [1.807, 2.05) is 0 Å². The van der Waals surface area contributed by atoms with Gasteiger partial charge in [0.05, 0.1) is 12.0 Å². The van der Waals surface area contributed by atoms with E-state index >= 15 is 0 Å². The molecule has 1 aliphatic rings. The molecule has 0 fully saturated rings. The van der Waals surface area contributed by atoms with Gasteiger partial charge < -0.3 is 4.74 Å². The first-order valence-corrected chi connectivity index (χ1v) is 7.95. The van der Waals surface area contributed by atoms with Gasteiger partial charge >= 0.3 is 5.97 Å². The fourth-order valence-electron chi connectivity index (χ4n) is 2.72. The molecule has 2 heterocycles. The summed E-state index contributed by atoms with van der Waals surface area (Å²) >= 11 is 1.55. The van der Waals surface area contributed by atoms with Crippen molar-refractivity contribution in [1.82, 2.24) is 15.0 Å². The van der Waals surface area contributed by atoms with Gasteiger partial charge in [0, 0.05) is 4.88 Å². The summed E-state index contributed by atoms with van der Waals surface area (Å²) in [6.07, 6.45) is 2.98. The number of carbonyl (C=O) groups is 1. The molecule has 2 aromatic rings. The summed E-state index contributed by atoms with van der Waals surface area (Å²) < 4.78 is 5.96. The molecule has 0 aromatic carbocycles. The normalized spacial score (nSPS) is 17.7. The van der Waals surface area contributed by atoms with Gasteiger partial charge in [-0.25, -0.2) is 0 Å². The van der Waals surface area contributed by atoms with Crippen LogP contribution in [0.15, 0.2) is 4.79 Å². The second-order valence-corrected chi connectivity index (χ2v) is 6.47. The van der Waals surface area contributed by atoms with Crippen molar-refractivity contribution in [2.45, 2.75) is 39.7 Å². The minimum absolute atomic E-state index is 0.184. The van der Waals surface area contributed by atoms with Crippen LogP contribution in [0.2, 0.25) is 0 Å². The number of ether oxygens (including phenoxy) is 1. The first kappa shape index (κ1) is 14.2. The third-order valence-corrected chi connectivity index (χ3v) is 4.91. The first-order chi connectivity index (χ1) is 10.1. The van der Waals surface area contributed by atoms with E-state index in [0.29, 0.717) is 16.1 Å². The van der Waals surface area contributed by atoms with Gasteiger partial charge in [-0.3, -0.25) is 9.59 Å². The van der Waals surface area contributed by atoms with Crippen LogP contribution in [0.1, 0.15) is 30.7 Å². The van der Waals surface area contributed by atoms with Gasteiger partial charge in [0.25, 0.3) is 5.56 Å². The van der Waals surface area contributed by atoms with E-state index in [1.165, 1.54) is 4.88 Å². The molecule has 0 saturated carbocycles. The van der Waals surface area contributed by atoms with E-state index in [2.05, 4.69) is 17.2 Å². The van der Waals surface area contributed by atoms with E-state index in [-0.39, 0.29) is 18.7 Å². The van der Waals surface area contributed by atoms with Crippen LogP contribution in [0.4, 0.5) is 0 Å². The highest BCUT2D eigenvalue weighted by molar-refractivity contribution is 7.18. The molecule has 7 heteroatoms. The van der Waals surface area contributed by atoms with Gasteiger partial charge in [-0.1, -0.05) is 12.1 Å². The summed E-state index contributed by atoms with van der Waals surface area (Å²) in [6, 6.07) is 0. The van der Waals surface area contributed by atoms with Crippen LogP contribution >= 0.6 is 11.3 Å². The molecule has 0 aliphatic heterocycles. The number of thiophene rings is 1. The van der Waals surface area contributed by atoms with Crippen molar-refractivity contribution < 1.29 is 9.53 Å². The van der Waals surface area contributed by atoms with E-state index in [1.54, 1.807) is 18.3 Å². The number of esters is 1. The van der Waals surface area contributed by atoms with E-state index in [9.17, 15) is 9.59 Å². The number of carbonyl (C=O) groups excluding carboxylic acids is 1. The van der Waals surface area contributed by atoms with Crippen LogP contribution in [-0.2, 0) is 28.9 Å². The molecule has 112 valence electrons. The van der Waals surface area contributed by atoms with Crippen LogP contribution in [0.3, 0.4) is 0 Å². The largest absolute Gasteiger partial charge is 0.465 e.